The van der Waals surface area contributed by atoms with Gasteiger partial charge in [-0.15, -0.1) is 0 Å². The third-order valence-corrected chi connectivity index (χ3v) is 6.90. The van der Waals surface area contributed by atoms with E-state index in [2.05, 4.69) is 94.8 Å². The summed E-state index contributed by atoms with van der Waals surface area (Å²) in [5.74, 6) is 1.03. The maximum Gasteiger partial charge on any atom is 0.200 e. The van der Waals surface area contributed by atoms with Crippen molar-refractivity contribution in [3.63, 3.8) is 0 Å². The van der Waals surface area contributed by atoms with Crippen molar-refractivity contribution in [2.45, 2.75) is 37.6 Å². The lowest BCUT2D eigenvalue weighted by atomic mass is 9.90. The van der Waals surface area contributed by atoms with Gasteiger partial charge in [-0.25, -0.2) is 5.01 Å². The monoisotopic (exact) mass is 409 g/mol. The van der Waals surface area contributed by atoms with Gasteiger partial charge < -0.3 is 4.74 Å². The van der Waals surface area contributed by atoms with Crippen molar-refractivity contribution < 1.29 is 4.74 Å². The molecule has 1 atom stereocenters. The van der Waals surface area contributed by atoms with E-state index in [0.29, 0.717) is 0 Å². The van der Waals surface area contributed by atoms with Crippen molar-refractivity contribution in [2.75, 3.05) is 13.1 Å². The van der Waals surface area contributed by atoms with Gasteiger partial charge in [0.15, 0.2) is 0 Å². The largest absolute Gasteiger partial charge is 0.466 e. The topological polar surface area (TPSA) is 28.1 Å². The second-order valence-electron chi connectivity index (χ2n) is 8.83. The molecular weight excluding hydrogens is 382 g/mol. The van der Waals surface area contributed by atoms with Crippen LogP contribution in [0.25, 0.3) is 0 Å². The molecule has 1 spiro atoms. The first kappa shape index (κ1) is 18.6. The predicted molar refractivity (Wildman–Crippen MR) is 123 cm³/mol. The highest BCUT2D eigenvalue weighted by molar-refractivity contribution is 6.01. The zero-order valence-electron chi connectivity index (χ0n) is 17.7. The summed E-state index contributed by atoms with van der Waals surface area (Å²) in [5.41, 5.74) is 4.65. The van der Waals surface area contributed by atoms with E-state index in [1.165, 1.54) is 16.7 Å². The molecule has 3 aliphatic heterocycles. The Kier molecular flexibility index (Phi) is 4.53. The van der Waals surface area contributed by atoms with Gasteiger partial charge in [0.05, 0.1) is 11.8 Å². The van der Waals surface area contributed by atoms with Crippen LogP contribution < -0.4 is 4.74 Å². The van der Waals surface area contributed by atoms with Crippen LogP contribution in [0.1, 0.15) is 42.0 Å². The molecule has 156 valence electrons. The molecule has 1 fully saturated rings. The molecule has 31 heavy (non-hydrogen) atoms. The average molecular weight is 410 g/mol. The smallest absolute Gasteiger partial charge is 0.200 e. The molecule has 0 bridgehead atoms. The Hall–Kier alpha value is -3.11. The van der Waals surface area contributed by atoms with Gasteiger partial charge in [0.1, 0.15) is 5.75 Å². The Bertz CT molecular complexity index is 1090. The molecule has 6 rings (SSSR count). The van der Waals surface area contributed by atoms with Gasteiger partial charge in [-0.3, -0.25) is 4.90 Å². The molecule has 0 radical (unpaired) electrons. The van der Waals surface area contributed by atoms with Gasteiger partial charge >= 0.3 is 0 Å². The minimum absolute atomic E-state index is 0.251. The molecule has 4 heteroatoms. The highest BCUT2D eigenvalue weighted by atomic mass is 16.5. The summed E-state index contributed by atoms with van der Waals surface area (Å²) in [6, 6.07) is 30.1. The normalized spacial score (nSPS) is 21.9. The standard InChI is InChI=1S/C27H27N3O/c1-3-9-21(10-4-1)20-29-17-15-27(16-18-29)30-25(23-13-7-8-14-26(23)31-27)19-24(28-30)22-11-5-2-6-12-22/h1-14,25H,15-20H2/t25-/m1/s1. The highest BCUT2D eigenvalue weighted by Crippen LogP contribution is 2.49. The van der Waals surface area contributed by atoms with Gasteiger partial charge in [0.2, 0.25) is 5.72 Å². The first-order valence-electron chi connectivity index (χ1n) is 11.3. The van der Waals surface area contributed by atoms with E-state index in [4.69, 9.17) is 9.84 Å². The van der Waals surface area contributed by atoms with E-state index >= 15 is 0 Å². The third-order valence-electron chi connectivity index (χ3n) is 6.90. The van der Waals surface area contributed by atoms with Crippen LogP contribution in [0.5, 0.6) is 5.75 Å². The van der Waals surface area contributed by atoms with Crippen molar-refractivity contribution >= 4 is 5.71 Å². The highest BCUT2D eigenvalue weighted by Gasteiger charge is 2.51. The van der Waals surface area contributed by atoms with Crippen LogP contribution in [-0.2, 0) is 6.54 Å². The maximum atomic E-state index is 6.75. The lowest BCUT2D eigenvalue weighted by molar-refractivity contribution is -0.150. The zero-order chi connectivity index (χ0) is 20.7. The molecule has 0 N–H and O–H groups in total. The van der Waals surface area contributed by atoms with E-state index in [-0.39, 0.29) is 11.8 Å². The van der Waals surface area contributed by atoms with Gasteiger partial charge in [0, 0.05) is 44.5 Å². The second-order valence-corrected chi connectivity index (χ2v) is 8.83. The van der Waals surface area contributed by atoms with Crippen molar-refractivity contribution in [3.8, 4) is 5.75 Å². The third kappa shape index (κ3) is 3.31. The van der Waals surface area contributed by atoms with Gasteiger partial charge in [-0.1, -0.05) is 78.9 Å². The molecule has 3 aliphatic rings. The average Bonchev–Trinajstić information content (AvgIpc) is 3.29. The van der Waals surface area contributed by atoms with Crippen LogP contribution in [0.3, 0.4) is 0 Å². The number of likely N-dealkylation sites (tertiary alicyclic amines) is 1. The van der Waals surface area contributed by atoms with Crippen molar-refractivity contribution in [1.29, 1.82) is 0 Å². The lowest BCUT2D eigenvalue weighted by Crippen LogP contribution is -2.59. The molecule has 1 saturated heterocycles. The Balaban J connectivity index is 1.29. The molecule has 3 heterocycles. The summed E-state index contributed by atoms with van der Waals surface area (Å²) >= 11 is 0. The van der Waals surface area contributed by atoms with Crippen LogP contribution in [0.15, 0.2) is 90.0 Å². The summed E-state index contributed by atoms with van der Waals surface area (Å²) in [6.45, 7) is 3.02. The zero-order valence-corrected chi connectivity index (χ0v) is 17.7. The number of hydrazone groups is 1. The van der Waals surface area contributed by atoms with E-state index in [9.17, 15) is 0 Å². The van der Waals surface area contributed by atoms with Gasteiger partial charge in [-0.2, -0.15) is 5.10 Å². The second kappa shape index (κ2) is 7.54. The van der Waals surface area contributed by atoms with Crippen LogP contribution in [-0.4, -0.2) is 34.4 Å². The predicted octanol–water partition coefficient (Wildman–Crippen LogP) is 5.22. The number of hydrogen-bond donors (Lipinski definition) is 0. The summed E-state index contributed by atoms with van der Waals surface area (Å²) < 4.78 is 6.75. The van der Waals surface area contributed by atoms with E-state index < -0.39 is 0 Å². The van der Waals surface area contributed by atoms with E-state index in [1.807, 2.05) is 0 Å². The fraction of sp³-hybridized carbons (Fsp3) is 0.296. The van der Waals surface area contributed by atoms with E-state index in [1.54, 1.807) is 0 Å². The Morgan fingerprint density at radius 2 is 1.52 bits per heavy atom. The minimum atomic E-state index is -0.358. The number of piperidine rings is 1. The minimum Gasteiger partial charge on any atom is -0.466 e. The molecule has 3 aromatic carbocycles. The number of hydrogen-bond acceptors (Lipinski definition) is 4. The van der Waals surface area contributed by atoms with Crippen LogP contribution in [0, 0.1) is 0 Å². The van der Waals surface area contributed by atoms with Crippen molar-refractivity contribution in [1.82, 2.24) is 9.91 Å². The number of fused-ring (bicyclic) bond motifs is 4. The first-order valence-corrected chi connectivity index (χ1v) is 11.3. The number of benzene rings is 3. The number of nitrogens with zero attached hydrogens (tertiary/aromatic N) is 3. The first-order chi connectivity index (χ1) is 15.3. The van der Waals surface area contributed by atoms with Crippen LogP contribution in [0.4, 0.5) is 0 Å². The molecule has 0 unspecified atom stereocenters. The summed E-state index contributed by atoms with van der Waals surface area (Å²) in [4.78, 5) is 2.54. The maximum absolute atomic E-state index is 6.75. The van der Waals surface area contributed by atoms with Crippen LogP contribution >= 0.6 is 0 Å². The molecule has 3 aromatic rings. The van der Waals surface area contributed by atoms with Crippen molar-refractivity contribution in [2.24, 2.45) is 5.10 Å². The SMILES string of the molecule is c1ccc(CN2CCC3(CC2)Oc2ccccc2[C@H]2CC(c4ccccc4)=NN23)cc1. The van der Waals surface area contributed by atoms with Gasteiger partial charge in [-0.05, 0) is 17.2 Å². The number of rotatable bonds is 3. The Labute approximate surface area is 183 Å². The molecule has 0 aliphatic carbocycles. The summed E-state index contributed by atoms with van der Waals surface area (Å²) in [7, 11) is 0. The molecular formula is C27H27N3O. The fourth-order valence-electron chi connectivity index (χ4n) is 5.27. The van der Waals surface area contributed by atoms with Crippen LogP contribution in [0.2, 0.25) is 0 Å². The Morgan fingerprint density at radius 3 is 2.29 bits per heavy atom. The summed E-state index contributed by atoms with van der Waals surface area (Å²) in [6.07, 6.45) is 2.84. The lowest BCUT2D eigenvalue weighted by Gasteiger charge is -2.51. The molecule has 0 aromatic heterocycles. The Morgan fingerprint density at radius 1 is 0.839 bits per heavy atom. The number of para-hydroxylation sites is 1. The molecule has 0 saturated carbocycles. The molecule has 4 nitrogen and oxygen atoms in total. The molecule has 0 amide bonds. The van der Waals surface area contributed by atoms with E-state index in [0.717, 1.165) is 50.4 Å². The van der Waals surface area contributed by atoms with Crippen molar-refractivity contribution in [3.05, 3.63) is 102 Å². The number of ether oxygens (including phenoxy) is 1. The fourth-order valence-corrected chi connectivity index (χ4v) is 5.27. The summed E-state index contributed by atoms with van der Waals surface area (Å²) in [5, 5.41) is 7.47. The quantitative estimate of drug-likeness (QED) is 0.593. The van der Waals surface area contributed by atoms with Gasteiger partial charge in [0.25, 0.3) is 0 Å².